The smallest absolute Gasteiger partial charge is 0.221 e. The summed E-state index contributed by atoms with van der Waals surface area (Å²) >= 11 is 1.54. The van der Waals surface area contributed by atoms with Crippen molar-refractivity contribution < 1.29 is 13.2 Å². The van der Waals surface area contributed by atoms with Crippen LogP contribution in [0.15, 0.2) is 86.3 Å². The summed E-state index contributed by atoms with van der Waals surface area (Å²) in [4.78, 5) is 13.4. The molecule has 0 fully saturated rings. The molecule has 0 spiro atoms. The van der Waals surface area contributed by atoms with Crippen LogP contribution >= 0.6 is 11.8 Å². The van der Waals surface area contributed by atoms with E-state index in [4.69, 9.17) is 0 Å². The molecule has 0 saturated carbocycles. The number of benzene rings is 3. The minimum absolute atomic E-state index is 0.186. The van der Waals surface area contributed by atoms with Crippen molar-refractivity contribution in [3.63, 3.8) is 0 Å². The van der Waals surface area contributed by atoms with Gasteiger partial charge in [0.15, 0.2) is 0 Å². The molecule has 1 amide bonds. The fourth-order valence-corrected chi connectivity index (χ4v) is 5.23. The first-order valence-electron chi connectivity index (χ1n) is 8.24. The number of nitrogens with one attached hydrogen (secondary N) is 2. The van der Waals surface area contributed by atoms with Crippen molar-refractivity contribution in [1.29, 1.82) is 0 Å². The lowest BCUT2D eigenvalue weighted by Gasteiger charge is -2.21. The molecule has 3 aromatic carbocycles. The number of para-hydroxylation sites is 1. The molecular weight excluding hydrogens is 380 g/mol. The Morgan fingerprint density at radius 2 is 1.56 bits per heavy atom. The third-order valence-electron chi connectivity index (χ3n) is 4.12. The van der Waals surface area contributed by atoms with Crippen LogP contribution in [0.5, 0.6) is 0 Å². The maximum absolute atomic E-state index is 13.0. The summed E-state index contributed by atoms with van der Waals surface area (Å²) in [5.41, 5.74) is 2.46. The Kier molecular flexibility index (Phi) is 4.41. The number of amides is 1. The Balaban J connectivity index is 1.66. The van der Waals surface area contributed by atoms with E-state index in [0.717, 1.165) is 21.2 Å². The first-order valence-corrected chi connectivity index (χ1v) is 10.5. The molecule has 27 heavy (non-hydrogen) atoms. The fourth-order valence-electron chi connectivity index (χ4n) is 2.84. The van der Waals surface area contributed by atoms with Crippen molar-refractivity contribution in [2.45, 2.75) is 26.5 Å². The minimum Gasteiger partial charge on any atom is -0.354 e. The Morgan fingerprint density at radius 3 is 2.30 bits per heavy atom. The first-order chi connectivity index (χ1) is 12.9. The summed E-state index contributed by atoms with van der Waals surface area (Å²) in [6.07, 6.45) is 0. The van der Waals surface area contributed by atoms with Gasteiger partial charge in [0, 0.05) is 22.4 Å². The van der Waals surface area contributed by atoms with Gasteiger partial charge in [-0.25, -0.2) is 8.42 Å². The highest BCUT2D eigenvalue weighted by Crippen LogP contribution is 2.45. The van der Waals surface area contributed by atoms with Gasteiger partial charge in [-0.05, 0) is 54.6 Å². The second-order valence-electron chi connectivity index (χ2n) is 6.09. The van der Waals surface area contributed by atoms with Crippen molar-refractivity contribution >= 4 is 44.6 Å². The van der Waals surface area contributed by atoms with Crippen LogP contribution in [0, 0.1) is 0 Å². The molecule has 5 nitrogen and oxygen atoms in total. The van der Waals surface area contributed by atoms with Gasteiger partial charge in [-0.2, -0.15) is 0 Å². The first kappa shape index (κ1) is 17.6. The van der Waals surface area contributed by atoms with Crippen molar-refractivity contribution in [2.75, 3.05) is 10.6 Å². The van der Waals surface area contributed by atoms with Gasteiger partial charge in [0.1, 0.15) is 0 Å². The topological polar surface area (TPSA) is 75.3 Å². The lowest BCUT2D eigenvalue weighted by Crippen LogP contribution is -2.07. The number of fused-ring (bicyclic) bond motifs is 2. The van der Waals surface area contributed by atoms with Crippen LogP contribution in [0.25, 0.3) is 0 Å². The van der Waals surface area contributed by atoms with Crippen LogP contribution < -0.4 is 10.6 Å². The number of carbonyl (C=O) groups excluding carboxylic acids is 1. The highest BCUT2D eigenvalue weighted by Gasteiger charge is 2.22. The van der Waals surface area contributed by atoms with Crippen LogP contribution in [0.2, 0.25) is 0 Å². The molecular formula is C20H16N2O3S2. The van der Waals surface area contributed by atoms with E-state index in [9.17, 15) is 13.2 Å². The summed E-state index contributed by atoms with van der Waals surface area (Å²) in [5, 5.41) is 5.96. The van der Waals surface area contributed by atoms with Crippen LogP contribution in [0.1, 0.15) is 6.92 Å². The van der Waals surface area contributed by atoms with Crippen molar-refractivity contribution in [3.05, 3.63) is 66.7 Å². The average Bonchev–Trinajstić information content (AvgIpc) is 2.66. The summed E-state index contributed by atoms with van der Waals surface area (Å²) in [7, 11) is -3.65. The zero-order chi connectivity index (χ0) is 19.0. The molecule has 0 radical (unpaired) electrons. The van der Waals surface area contributed by atoms with E-state index in [2.05, 4.69) is 10.6 Å². The van der Waals surface area contributed by atoms with Crippen LogP contribution in [0.3, 0.4) is 0 Å². The molecule has 7 heteroatoms. The highest BCUT2D eigenvalue weighted by atomic mass is 32.2. The maximum Gasteiger partial charge on any atom is 0.221 e. The van der Waals surface area contributed by atoms with Gasteiger partial charge in [-0.3, -0.25) is 4.79 Å². The molecule has 136 valence electrons. The van der Waals surface area contributed by atoms with E-state index in [0.29, 0.717) is 5.69 Å². The van der Waals surface area contributed by atoms with Gasteiger partial charge in [-0.15, -0.1) is 0 Å². The third-order valence-corrected chi connectivity index (χ3v) is 7.03. The molecule has 0 aromatic heterocycles. The minimum atomic E-state index is -3.65. The van der Waals surface area contributed by atoms with Crippen LogP contribution in [-0.2, 0) is 14.6 Å². The highest BCUT2D eigenvalue weighted by molar-refractivity contribution is 7.99. The van der Waals surface area contributed by atoms with Gasteiger partial charge in [0.05, 0.1) is 21.2 Å². The Labute approximate surface area is 161 Å². The second-order valence-corrected chi connectivity index (χ2v) is 9.12. The summed E-state index contributed by atoms with van der Waals surface area (Å²) < 4.78 is 26.0. The summed E-state index contributed by atoms with van der Waals surface area (Å²) in [6, 6.07) is 19.2. The maximum atomic E-state index is 13.0. The number of hydrogen-bond donors (Lipinski definition) is 2. The van der Waals surface area contributed by atoms with Crippen molar-refractivity contribution in [2.24, 2.45) is 0 Å². The summed E-state index contributed by atoms with van der Waals surface area (Å²) in [6.45, 7) is 1.40. The fraction of sp³-hybridized carbons (Fsp3) is 0.0500. The SMILES string of the molecule is CC(=O)Nc1ccc(S(=O)(=O)c2ccc3c(c2)Sc2ccccc2N3)cc1. The molecule has 0 atom stereocenters. The predicted molar refractivity (Wildman–Crippen MR) is 106 cm³/mol. The van der Waals surface area contributed by atoms with Crippen molar-refractivity contribution in [1.82, 2.24) is 0 Å². The lowest BCUT2D eigenvalue weighted by atomic mass is 10.2. The van der Waals surface area contributed by atoms with Gasteiger partial charge < -0.3 is 10.6 Å². The molecule has 0 aliphatic carbocycles. The quantitative estimate of drug-likeness (QED) is 0.526. The molecule has 1 heterocycles. The number of rotatable bonds is 3. The van der Waals surface area contributed by atoms with E-state index < -0.39 is 9.84 Å². The van der Waals surface area contributed by atoms with Gasteiger partial charge in [0.2, 0.25) is 15.7 Å². The van der Waals surface area contributed by atoms with E-state index in [1.54, 1.807) is 42.1 Å². The van der Waals surface area contributed by atoms with Gasteiger partial charge >= 0.3 is 0 Å². The zero-order valence-corrected chi connectivity index (χ0v) is 16.0. The largest absolute Gasteiger partial charge is 0.354 e. The van der Waals surface area contributed by atoms with E-state index in [-0.39, 0.29) is 15.7 Å². The standard InChI is InChI=1S/C20H16N2O3S2/c1-13(23)21-14-6-8-15(9-7-14)27(24,25)16-10-11-18-20(12-16)26-19-5-3-2-4-17(19)22-18/h2-12,22H,1H3,(H,21,23). The zero-order valence-electron chi connectivity index (χ0n) is 14.4. The monoisotopic (exact) mass is 396 g/mol. The molecule has 0 saturated heterocycles. The third kappa shape index (κ3) is 3.43. The Morgan fingerprint density at radius 1 is 0.889 bits per heavy atom. The second kappa shape index (κ2) is 6.75. The average molecular weight is 396 g/mol. The van der Waals surface area contributed by atoms with Crippen LogP contribution in [-0.4, -0.2) is 14.3 Å². The lowest BCUT2D eigenvalue weighted by molar-refractivity contribution is -0.114. The van der Waals surface area contributed by atoms with E-state index in [1.165, 1.54) is 19.1 Å². The van der Waals surface area contributed by atoms with Crippen molar-refractivity contribution in [3.8, 4) is 0 Å². The Bertz CT molecular complexity index is 1140. The van der Waals surface area contributed by atoms with Gasteiger partial charge in [0.25, 0.3) is 0 Å². The van der Waals surface area contributed by atoms with E-state index >= 15 is 0 Å². The predicted octanol–water partition coefficient (Wildman–Crippen LogP) is 4.69. The molecule has 0 unspecified atom stereocenters. The normalized spacial score (nSPS) is 12.5. The number of hydrogen-bond acceptors (Lipinski definition) is 5. The molecule has 1 aliphatic heterocycles. The Hall–Kier alpha value is -2.77. The summed E-state index contributed by atoms with van der Waals surface area (Å²) in [5.74, 6) is -0.204. The number of sulfone groups is 1. The molecule has 4 rings (SSSR count). The van der Waals surface area contributed by atoms with E-state index in [1.807, 2.05) is 24.3 Å². The molecule has 2 N–H and O–H groups in total. The van der Waals surface area contributed by atoms with Gasteiger partial charge in [-0.1, -0.05) is 23.9 Å². The number of carbonyl (C=O) groups is 1. The molecule has 1 aliphatic rings. The molecule has 0 bridgehead atoms. The number of anilines is 3. The van der Waals surface area contributed by atoms with Crippen LogP contribution in [0.4, 0.5) is 17.1 Å². The molecule has 3 aromatic rings.